The minimum atomic E-state index is -0.895. The van der Waals surface area contributed by atoms with Crippen molar-refractivity contribution in [2.24, 2.45) is 5.41 Å². The van der Waals surface area contributed by atoms with Gasteiger partial charge < -0.3 is 14.6 Å². The monoisotopic (exact) mass is 492 g/mol. The Balaban J connectivity index is 1.74. The molecule has 1 aliphatic rings. The Hall–Kier alpha value is -3.67. The van der Waals surface area contributed by atoms with Crippen molar-refractivity contribution < 1.29 is 28.2 Å². The molecule has 0 saturated carbocycles. The lowest BCUT2D eigenvalue weighted by Gasteiger charge is -2.26. The summed E-state index contributed by atoms with van der Waals surface area (Å²) in [5.41, 5.74) is 3.49. The van der Waals surface area contributed by atoms with Gasteiger partial charge in [0.25, 0.3) is 0 Å². The van der Waals surface area contributed by atoms with Crippen molar-refractivity contribution in [2.75, 3.05) is 7.11 Å². The highest BCUT2D eigenvalue weighted by molar-refractivity contribution is 5.85. The van der Waals surface area contributed by atoms with Crippen LogP contribution in [0.1, 0.15) is 49.8 Å². The maximum Gasteiger partial charge on any atom is 0.303 e. The summed E-state index contributed by atoms with van der Waals surface area (Å²) in [4.78, 5) is 11.0. The summed E-state index contributed by atoms with van der Waals surface area (Å²) >= 11 is 0. The highest BCUT2D eigenvalue weighted by Crippen LogP contribution is 2.47. The molecule has 0 heterocycles. The first-order valence-electron chi connectivity index (χ1n) is 12.0. The van der Waals surface area contributed by atoms with Gasteiger partial charge in [-0.3, -0.25) is 4.79 Å². The molecule has 0 bridgehead atoms. The van der Waals surface area contributed by atoms with Crippen molar-refractivity contribution in [3.8, 4) is 22.6 Å². The third-order valence-electron chi connectivity index (χ3n) is 6.75. The van der Waals surface area contributed by atoms with Crippen LogP contribution in [0.2, 0.25) is 0 Å². The second kappa shape index (κ2) is 10.5. The molecule has 0 aromatic heterocycles. The molecule has 4 rings (SSSR count). The predicted molar refractivity (Wildman–Crippen MR) is 136 cm³/mol. The molecule has 1 N–H and O–H groups in total. The molecular weight excluding hydrogens is 462 g/mol. The van der Waals surface area contributed by atoms with Crippen molar-refractivity contribution >= 4 is 11.5 Å². The summed E-state index contributed by atoms with van der Waals surface area (Å²) in [7, 11) is 1.51. The van der Waals surface area contributed by atoms with Gasteiger partial charge in [-0.1, -0.05) is 38.1 Å². The lowest BCUT2D eigenvalue weighted by atomic mass is 9.79. The number of methoxy groups -OCH3 is 1. The highest BCUT2D eigenvalue weighted by atomic mass is 19.1. The van der Waals surface area contributed by atoms with E-state index in [4.69, 9.17) is 14.6 Å². The third kappa shape index (κ3) is 5.43. The van der Waals surface area contributed by atoms with E-state index in [9.17, 15) is 9.18 Å². The largest absolute Gasteiger partial charge is 0.497 e. The van der Waals surface area contributed by atoms with Crippen LogP contribution in [0, 0.1) is 17.0 Å². The third-order valence-corrected chi connectivity index (χ3v) is 6.75. The number of benzene rings is 3. The Labute approximate surface area is 210 Å². The van der Waals surface area contributed by atoms with Crippen molar-refractivity contribution in [3.63, 3.8) is 0 Å². The van der Waals surface area contributed by atoms with Gasteiger partial charge in [0.15, 0.2) is 0 Å². The van der Waals surface area contributed by atoms with Gasteiger partial charge in [-0.05, 0) is 83.3 Å². The summed E-state index contributed by atoms with van der Waals surface area (Å²) in [5, 5.41) is 9.03. The Morgan fingerprint density at radius 3 is 2.44 bits per heavy atom. The molecule has 0 aliphatic heterocycles. The van der Waals surface area contributed by atoms with Crippen LogP contribution in [0.5, 0.6) is 11.5 Å². The maximum atomic E-state index is 15.4. The number of carbonyl (C=O) groups is 1. The van der Waals surface area contributed by atoms with Crippen LogP contribution in [-0.2, 0) is 17.8 Å². The number of rotatable bonds is 9. The van der Waals surface area contributed by atoms with Crippen LogP contribution in [0.25, 0.3) is 16.7 Å². The Bertz CT molecular complexity index is 1310. The molecule has 0 fully saturated rings. The number of para-hydroxylation sites is 1. The summed E-state index contributed by atoms with van der Waals surface area (Å²) in [6.45, 7) is 4.23. The second-order valence-electron chi connectivity index (χ2n) is 9.67. The van der Waals surface area contributed by atoms with Crippen molar-refractivity contribution in [2.45, 2.75) is 46.1 Å². The molecule has 3 aromatic carbocycles. The van der Waals surface area contributed by atoms with E-state index in [1.165, 1.54) is 25.3 Å². The number of aliphatic carboxylic acids is 1. The van der Waals surface area contributed by atoms with Crippen molar-refractivity contribution in [1.29, 1.82) is 0 Å². The fourth-order valence-electron chi connectivity index (χ4n) is 4.72. The molecular formula is C30H30F2O4. The zero-order chi connectivity index (χ0) is 25.9. The molecule has 6 heteroatoms. The van der Waals surface area contributed by atoms with Gasteiger partial charge >= 0.3 is 5.97 Å². The smallest absolute Gasteiger partial charge is 0.303 e. The van der Waals surface area contributed by atoms with Crippen LogP contribution in [0.4, 0.5) is 8.78 Å². The first kappa shape index (κ1) is 25.4. The molecule has 0 spiro atoms. The van der Waals surface area contributed by atoms with Gasteiger partial charge in [-0.25, -0.2) is 8.78 Å². The zero-order valence-corrected chi connectivity index (χ0v) is 20.7. The predicted octanol–water partition coefficient (Wildman–Crippen LogP) is 7.44. The van der Waals surface area contributed by atoms with Gasteiger partial charge in [0.2, 0.25) is 0 Å². The van der Waals surface area contributed by atoms with Crippen LogP contribution < -0.4 is 9.47 Å². The van der Waals surface area contributed by atoms with Crippen LogP contribution in [0.15, 0.2) is 60.7 Å². The second-order valence-corrected chi connectivity index (χ2v) is 9.67. The summed E-state index contributed by atoms with van der Waals surface area (Å²) in [6.07, 6.45) is 4.27. The van der Waals surface area contributed by atoms with Crippen molar-refractivity contribution in [1.82, 2.24) is 0 Å². The molecule has 1 aliphatic carbocycles. The standard InChI is InChI=1S/C30H30F2O4/c1-30(2)14-6-8-25(30)23-15-20(18-36-28-9-5-4-7-19(28)10-13-29(33)34)27(32)17-22(23)24-16-21(35-3)11-12-26(24)31/h4-5,7-9,11-12,15-17H,6,10,13-14,18H2,1-3H3,(H,33,34). The topological polar surface area (TPSA) is 55.8 Å². The highest BCUT2D eigenvalue weighted by Gasteiger charge is 2.31. The minimum Gasteiger partial charge on any atom is -0.497 e. The number of carboxylic acid groups (broad SMARTS) is 1. The molecule has 36 heavy (non-hydrogen) atoms. The number of halogens is 2. The van der Waals surface area contributed by atoms with E-state index >= 15 is 4.39 Å². The van der Waals surface area contributed by atoms with Crippen LogP contribution >= 0.6 is 0 Å². The quantitative estimate of drug-likeness (QED) is 0.337. The van der Waals surface area contributed by atoms with Crippen LogP contribution in [-0.4, -0.2) is 18.2 Å². The van der Waals surface area contributed by atoms with E-state index in [-0.39, 0.29) is 24.0 Å². The van der Waals surface area contributed by atoms with Crippen molar-refractivity contribution in [3.05, 3.63) is 89.0 Å². The number of allylic oxidation sites excluding steroid dienone is 2. The summed E-state index contributed by atoms with van der Waals surface area (Å²) in [6, 6.07) is 14.7. The van der Waals surface area contributed by atoms with Crippen LogP contribution in [0.3, 0.4) is 0 Å². The fraction of sp³-hybridized carbons (Fsp3) is 0.300. The first-order chi connectivity index (χ1) is 17.2. The summed E-state index contributed by atoms with van der Waals surface area (Å²) in [5.74, 6) is -0.848. The zero-order valence-electron chi connectivity index (χ0n) is 20.7. The molecule has 0 unspecified atom stereocenters. The lowest BCUT2D eigenvalue weighted by molar-refractivity contribution is -0.136. The lowest BCUT2D eigenvalue weighted by Crippen LogP contribution is -2.11. The normalized spacial score (nSPS) is 14.4. The van der Waals surface area contributed by atoms with E-state index in [0.29, 0.717) is 29.0 Å². The number of carboxylic acids is 1. The van der Waals surface area contributed by atoms with Gasteiger partial charge in [0.05, 0.1) is 7.11 Å². The van der Waals surface area contributed by atoms with E-state index < -0.39 is 17.6 Å². The molecule has 188 valence electrons. The van der Waals surface area contributed by atoms with Gasteiger partial charge in [0, 0.05) is 17.5 Å². The van der Waals surface area contributed by atoms with Gasteiger partial charge in [-0.15, -0.1) is 0 Å². The molecule has 0 radical (unpaired) electrons. The van der Waals surface area contributed by atoms with E-state index in [1.54, 1.807) is 30.3 Å². The number of aryl methyl sites for hydroxylation is 1. The Morgan fingerprint density at radius 1 is 0.972 bits per heavy atom. The molecule has 0 amide bonds. The summed E-state index contributed by atoms with van der Waals surface area (Å²) < 4.78 is 41.7. The average molecular weight is 493 g/mol. The van der Waals surface area contributed by atoms with Gasteiger partial charge in [-0.2, -0.15) is 0 Å². The number of hydrogen-bond acceptors (Lipinski definition) is 3. The average Bonchev–Trinajstić information content (AvgIpc) is 3.21. The van der Waals surface area contributed by atoms with E-state index in [1.807, 2.05) is 6.07 Å². The number of hydrogen-bond donors (Lipinski definition) is 1. The number of ether oxygens (including phenoxy) is 2. The molecule has 3 aromatic rings. The maximum absolute atomic E-state index is 15.4. The molecule has 4 nitrogen and oxygen atoms in total. The SMILES string of the molecule is COc1ccc(F)c(-c2cc(F)c(COc3ccccc3CCC(=O)O)cc2C2=CCCC2(C)C)c1. The van der Waals surface area contributed by atoms with E-state index in [2.05, 4.69) is 19.9 Å². The first-order valence-corrected chi connectivity index (χ1v) is 12.0. The fourth-order valence-corrected chi connectivity index (χ4v) is 4.72. The Kier molecular flexibility index (Phi) is 7.43. The van der Waals surface area contributed by atoms with Gasteiger partial charge in [0.1, 0.15) is 29.7 Å². The Morgan fingerprint density at radius 2 is 1.75 bits per heavy atom. The molecule has 0 atom stereocenters. The minimum absolute atomic E-state index is 0.0249. The molecule has 0 saturated heterocycles. The van der Waals surface area contributed by atoms with E-state index in [0.717, 1.165) is 29.5 Å².